The lowest BCUT2D eigenvalue weighted by Gasteiger charge is -2.32. The second-order valence-corrected chi connectivity index (χ2v) is 36.0. The van der Waals surface area contributed by atoms with Crippen LogP contribution in [0.3, 0.4) is 0 Å². The molecule has 3 amide bonds. The molecule has 0 radical (unpaired) electrons. The number of halogens is 3. The Labute approximate surface area is 750 Å². The number of aryl methyl sites for hydroxylation is 13. The predicted molar refractivity (Wildman–Crippen MR) is 499 cm³/mol. The average Bonchev–Trinajstić information content (AvgIpc) is 1.61. The highest BCUT2D eigenvalue weighted by Crippen LogP contribution is 2.48. The van der Waals surface area contributed by atoms with Crippen LogP contribution >= 0.6 is 34.8 Å². The molecule has 0 saturated carbocycles. The van der Waals surface area contributed by atoms with Gasteiger partial charge in [-0.15, -0.1) is 0 Å². The molecule has 125 heavy (non-hydrogen) atoms. The number of rotatable bonds is 24. The SMILES string of the molecule is Cc1cc(OCCCC2=C(C(=O)N3CCC(C(=O)O)CC3)Cc3c2cccc3-c2c(C)nn(C)c2C)cc(C)c1Cl.Cc1cc(OCCCC2=C(C(=O)N3CCC(CC(=O)O)CC3)Cc3c2cccc3-c2c(C)nn(C)c2C)cc(C)c1Cl.Cc1cc(OCCCC2=C(C(=O)N3CCc4c(C)cccc43)Cc3c2cccc3-c2c(C)nn(C)c2C)cc(C)c1Cl. The third-order valence-corrected chi connectivity index (χ3v) is 28.3. The van der Waals surface area contributed by atoms with Gasteiger partial charge in [0.2, 0.25) is 11.8 Å². The molecule has 6 heterocycles. The maximum Gasteiger partial charge on any atom is 0.306 e. The summed E-state index contributed by atoms with van der Waals surface area (Å²) in [4.78, 5) is 70.8. The summed E-state index contributed by atoms with van der Waals surface area (Å²) >= 11 is 19.0. The third-order valence-electron chi connectivity index (χ3n) is 26.5. The minimum atomic E-state index is -0.775. The molecule has 0 bridgehead atoms. The molecular formula is C103H116Cl3N9O10. The summed E-state index contributed by atoms with van der Waals surface area (Å²) in [6, 6.07) is 37.3. The van der Waals surface area contributed by atoms with Crippen LogP contribution in [0.4, 0.5) is 5.69 Å². The maximum absolute atomic E-state index is 14.4. The topological polar surface area (TPSA) is 217 Å². The standard InChI is InChI=1S/C36H38ClN3O2.C34H40ClN3O4.C33H38ClN3O4/c1-21-10-7-14-33-27(21)15-16-40(33)36(41)32-20-31-28(11-8-12-30(31)34-24(4)38-39(6)25(34)5)29(32)13-9-17-42-26-18-22(2)35(37)23(3)19-26;1-20-16-25(17-21(2)33(20)35)42-15-7-10-27-26-8-6-9-28(32-22(3)36-37(5)23(32)4)29(26)19-30(27)34(41)38-13-11-24(12-14-38)18-31(39)40;1-19-16-24(17-20(2)31(19)34)41-15-7-10-26-25-8-6-9-27(30-21(3)35-36(5)22(30)4)28(25)18-29(26)32(38)37-13-11-23(12-14-37)33(39)40/h7-8,10-12,14,18-19H,9,13,15-17,20H2,1-6H3;6,8-9,16-17,24H,7,10-15,18-19H2,1-5H3,(H,39,40);6,8-9,16-17,23H,7,10-15,18H2,1-5H3,(H,39,40). The first-order chi connectivity index (χ1) is 59.8. The molecule has 7 aromatic carbocycles. The zero-order chi connectivity index (χ0) is 89.3. The number of likely N-dealkylation sites (tertiary alicyclic amines) is 2. The van der Waals surface area contributed by atoms with Gasteiger partial charge < -0.3 is 39.1 Å². The van der Waals surface area contributed by atoms with Crippen molar-refractivity contribution in [2.45, 2.75) is 186 Å². The van der Waals surface area contributed by atoms with E-state index >= 15 is 0 Å². The van der Waals surface area contributed by atoms with Crippen molar-refractivity contribution in [1.82, 2.24) is 39.1 Å². The van der Waals surface area contributed by atoms with Crippen molar-refractivity contribution >= 4 is 86.9 Å². The van der Waals surface area contributed by atoms with Gasteiger partial charge in [0.25, 0.3) is 5.91 Å². The second kappa shape index (κ2) is 38.5. The van der Waals surface area contributed by atoms with E-state index in [2.05, 4.69) is 118 Å². The molecule has 3 aliphatic carbocycles. The number of hydrogen-bond donors (Lipinski definition) is 2. The van der Waals surface area contributed by atoms with Crippen molar-refractivity contribution < 1.29 is 48.4 Å². The van der Waals surface area contributed by atoms with Gasteiger partial charge in [0.1, 0.15) is 17.2 Å². The van der Waals surface area contributed by atoms with E-state index in [0.717, 1.165) is 236 Å². The summed E-state index contributed by atoms with van der Waals surface area (Å²) < 4.78 is 24.1. The number of anilines is 1. The molecule has 0 unspecified atom stereocenters. The van der Waals surface area contributed by atoms with Crippen LogP contribution in [0.25, 0.3) is 50.1 Å². The Kier molecular flexibility index (Phi) is 27.8. The highest BCUT2D eigenvalue weighted by molar-refractivity contribution is 6.33. The van der Waals surface area contributed by atoms with Crippen molar-refractivity contribution in [3.63, 3.8) is 0 Å². The van der Waals surface area contributed by atoms with E-state index in [1.54, 1.807) is 0 Å². The molecule has 22 heteroatoms. The van der Waals surface area contributed by atoms with Crippen molar-refractivity contribution in [3.8, 4) is 50.6 Å². The van der Waals surface area contributed by atoms with Crippen LogP contribution in [-0.2, 0) is 70.8 Å². The van der Waals surface area contributed by atoms with E-state index in [4.69, 9.17) is 54.1 Å². The Morgan fingerprint density at radius 3 is 1.04 bits per heavy atom. The average molecular weight is 1750 g/mol. The molecule has 0 atom stereocenters. The summed E-state index contributed by atoms with van der Waals surface area (Å²) in [5.74, 6) is 0.865. The molecular weight excluding hydrogens is 1630 g/mol. The number of aliphatic carboxylic acids is 2. The molecule has 2 saturated heterocycles. The number of carbonyl (C=O) groups is 5. The lowest BCUT2D eigenvalue weighted by atomic mass is 9.92. The lowest BCUT2D eigenvalue weighted by molar-refractivity contribution is -0.145. The molecule has 6 aliphatic rings. The van der Waals surface area contributed by atoms with Gasteiger partial charge in [0, 0.05) is 151 Å². The van der Waals surface area contributed by atoms with E-state index in [0.29, 0.717) is 84.5 Å². The van der Waals surface area contributed by atoms with Crippen molar-refractivity contribution in [2.24, 2.45) is 33.0 Å². The van der Waals surface area contributed by atoms with Gasteiger partial charge in [-0.05, 0) is 320 Å². The first-order valence-corrected chi connectivity index (χ1v) is 45.1. The van der Waals surface area contributed by atoms with Gasteiger partial charge >= 0.3 is 11.9 Å². The largest absolute Gasteiger partial charge is 0.494 e. The molecule has 2 fully saturated rings. The molecule has 19 nitrogen and oxygen atoms in total. The van der Waals surface area contributed by atoms with E-state index in [1.165, 1.54) is 38.9 Å². The van der Waals surface area contributed by atoms with Crippen LogP contribution in [-0.4, -0.2) is 132 Å². The minimum Gasteiger partial charge on any atom is -0.494 e. The van der Waals surface area contributed by atoms with Crippen molar-refractivity contribution in [2.75, 3.05) is 57.4 Å². The highest BCUT2D eigenvalue weighted by Gasteiger charge is 2.39. The molecule has 3 aliphatic heterocycles. The van der Waals surface area contributed by atoms with Crippen molar-refractivity contribution in [3.05, 3.63) is 253 Å². The van der Waals surface area contributed by atoms with Crippen LogP contribution in [0.15, 0.2) is 126 Å². The monoisotopic (exact) mass is 1740 g/mol. The number of carbonyl (C=O) groups excluding carboxylic acids is 3. The second-order valence-electron chi connectivity index (χ2n) is 34.9. The Bertz CT molecular complexity index is 5950. The number of fused-ring (bicyclic) bond motifs is 4. The predicted octanol–water partition coefficient (Wildman–Crippen LogP) is 21.4. The number of piperidine rings is 2. The first kappa shape index (κ1) is 90.3. The first-order valence-electron chi connectivity index (χ1n) is 43.9. The Balaban J connectivity index is 0.000000152. The fraction of sp³-hybridized carbons (Fsp3) is 0.398. The third kappa shape index (κ3) is 19.0. The van der Waals surface area contributed by atoms with Gasteiger partial charge in [-0.25, -0.2) is 0 Å². The summed E-state index contributed by atoms with van der Waals surface area (Å²) in [5.41, 5.74) is 35.6. The van der Waals surface area contributed by atoms with E-state index in [-0.39, 0.29) is 36.0 Å². The van der Waals surface area contributed by atoms with Gasteiger partial charge in [-0.1, -0.05) is 102 Å². The van der Waals surface area contributed by atoms with Crippen LogP contribution < -0.4 is 19.1 Å². The van der Waals surface area contributed by atoms with Crippen LogP contribution in [0.1, 0.15) is 183 Å². The van der Waals surface area contributed by atoms with Gasteiger partial charge in [0.15, 0.2) is 0 Å². The molecule has 0 spiro atoms. The number of nitrogens with zero attached hydrogens (tertiary/aromatic N) is 9. The van der Waals surface area contributed by atoms with E-state index in [1.807, 2.05) is 142 Å². The number of ether oxygens (including phenoxy) is 3. The maximum atomic E-state index is 14.4. The zero-order valence-corrected chi connectivity index (χ0v) is 77.4. The Morgan fingerprint density at radius 2 is 0.720 bits per heavy atom. The Hall–Kier alpha value is -11.0. The molecule has 654 valence electrons. The van der Waals surface area contributed by atoms with E-state index < -0.39 is 11.9 Å². The fourth-order valence-corrected chi connectivity index (χ4v) is 20.1. The number of benzene rings is 7. The highest BCUT2D eigenvalue weighted by atomic mass is 35.5. The molecule has 16 rings (SSSR count). The number of amides is 3. The molecule has 2 N–H and O–H groups in total. The fourth-order valence-electron chi connectivity index (χ4n) is 19.7. The van der Waals surface area contributed by atoms with Crippen molar-refractivity contribution in [1.29, 1.82) is 0 Å². The smallest absolute Gasteiger partial charge is 0.306 e. The van der Waals surface area contributed by atoms with E-state index in [9.17, 15) is 34.2 Å². The van der Waals surface area contributed by atoms with Gasteiger partial charge in [-0.2, -0.15) is 15.3 Å². The normalized spacial score (nSPS) is 14.9. The number of carboxylic acid groups (broad SMARTS) is 2. The summed E-state index contributed by atoms with van der Waals surface area (Å²) in [7, 11) is 5.91. The molecule has 3 aromatic heterocycles. The number of allylic oxidation sites excluding steroid dienone is 3. The van der Waals surface area contributed by atoms with Crippen LogP contribution in [0, 0.1) is 102 Å². The summed E-state index contributed by atoms with van der Waals surface area (Å²) in [6.07, 6.45) is 9.78. The van der Waals surface area contributed by atoms with Crippen LogP contribution in [0.5, 0.6) is 17.2 Å². The van der Waals surface area contributed by atoms with Crippen LogP contribution in [0.2, 0.25) is 15.1 Å². The van der Waals surface area contributed by atoms with Gasteiger partial charge in [0.05, 0.1) is 42.8 Å². The quantitative estimate of drug-likeness (QED) is 0.0539. The summed E-state index contributed by atoms with van der Waals surface area (Å²) in [5, 5.41) is 34.9. The number of carboxylic acids is 2. The number of aromatic nitrogens is 6. The molecule has 10 aromatic rings. The van der Waals surface area contributed by atoms with Gasteiger partial charge in [-0.3, -0.25) is 38.0 Å². The minimum absolute atomic E-state index is 0.0236. The summed E-state index contributed by atoms with van der Waals surface area (Å²) in [6.45, 7) is 30.9. The zero-order valence-electron chi connectivity index (χ0n) is 75.1. The Morgan fingerprint density at radius 1 is 0.400 bits per heavy atom. The lowest BCUT2D eigenvalue weighted by Crippen LogP contribution is -2.41. The number of hydrogen-bond acceptors (Lipinski definition) is 11.